The predicted octanol–water partition coefficient (Wildman–Crippen LogP) is 3.20. The van der Waals surface area contributed by atoms with Gasteiger partial charge in [0.25, 0.3) is 5.91 Å². The molecule has 6 heteroatoms. The van der Waals surface area contributed by atoms with Gasteiger partial charge in [0, 0.05) is 23.9 Å². The van der Waals surface area contributed by atoms with Crippen molar-refractivity contribution in [2.75, 3.05) is 11.9 Å². The maximum absolute atomic E-state index is 12.1. The van der Waals surface area contributed by atoms with Gasteiger partial charge in [-0.15, -0.1) is 0 Å². The Morgan fingerprint density at radius 3 is 2.46 bits per heavy atom. The third kappa shape index (κ3) is 5.15. The first-order chi connectivity index (χ1) is 11.5. The molecule has 0 radical (unpaired) electrons. The van der Waals surface area contributed by atoms with Crippen molar-refractivity contribution in [3.8, 4) is 0 Å². The molecule has 1 aromatic heterocycles. The number of nitrogens with zero attached hydrogens (tertiary/aromatic N) is 2. The third-order valence-electron chi connectivity index (χ3n) is 3.47. The molecule has 2 aromatic rings. The first kappa shape index (κ1) is 17.6. The van der Waals surface area contributed by atoms with E-state index in [1.165, 1.54) is 13.3 Å². The van der Waals surface area contributed by atoms with Gasteiger partial charge in [-0.2, -0.15) is 0 Å². The number of hydrogen-bond acceptors (Lipinski definition) is 5. The van der Waals surface area contributed by atoms with E-state index >= 15 is 0 Å². The number of hydrogen-bond donors (Lipinski definition) is 2. The highest BCUT2D eigenvalue weighted by Crippen LogP contribution is 2.15. The van der Waals surface area contributed by atoms with Crippen LogP contribution in [0.5, 0.6) is 0 Å². The first-order valence-corrected chi connectivity index (χ1v) is 7.94. The molecule has 2 N–H and O–H groups in total. The van der Waals surface area contributed by atoms with E-state index in [-0.39, 0.29) is 11.7 Å². The number of Topliss-reactive ketones (excluding diaryl/α,β-unsaturated/α-hetero) is 1. The van der Waals surface area contributed by atoms with Crippen LogP contribution < -0.4 is 10.6 Å². The van der Waals surface area contributed by atoms with Crippen LogP contribution in [0.15, 0.2) is 36.7 Å². The minimum absolute atomic E-state index is 0.0175. The standard InChI is InChI=1S/C18H22N4O2/c1-12(2)8-9-19-18(24)16-10-17(21-11-20-16)22-15-6-4-14(5-7-15)13(3)23/h4-7,10-12H,8-9H2,1-3H3,(H,19,24)(H,20,21,22). The van der Waals surface area contributed by atoms with Crippen LogP contribution in [0, 0.1) is 5.92 Å². The number of carbonyl (C=O) groups is 2. The van der Waals surface area contributed by atoms with Crippen molar-refractivity contribution in [2.45, 2.75) is 27.2 Å². The fourth-order valence-electron chi connectivity index (χ4n) is 2.05. The van der Waals surface area contributed by atoms with Gasteiger partial charge in [0.15, 0.2) is 5.78 Å². The van der Waals surface area contributed by atoms with Crippen LogP contribution in [0.2, 0.25) is 0 Å². The summed E-state index contributed by atoms with van der Waals surface area (Å²) < 4.78 is 0. The van der Waals surface area contributed by atoms with Crippen LogP contribution in [0.25, 0.3) is 0 Å². The molecular weight excluding hydrogens is 304 g/mol. The number of aromatic nitrogens is 2. The number of amides is 1. The van der Waals surface area contributed by atoms with E-state index in [1.54, 1.807) is 30.3 Å². The fourth-order valence-corrected chi connectivity index (χ4v) is 2.05. The van der Waals surface area contributed by atoms with Crippen molar-refractivity contribution in [1.29, 1.82) is 0 Å². The molecule has 6 nitrogen and oxygen atoms in total. The highest BCUT2D eigenvalue weighted by molar-refractivity contribution is 5.94. The summed E-state index contributed by atoms with van der Waals surface area (Å²) >= 11 is 0. The van der Waals surface area contributed by atoms with Gasteiger partial charge in [0.05, 0.1) is 0 Å². The topological polar surface area (TPSA) is 84.0 Å². The second-order valence-electron chi connectivity index (χ2n) is 5.99. The van der Waals surface area contributed by atoms with Gasteiger partial charge in [-0.3, -0.25) is 9.59 Å². The monoisotopic (exact) mass is 326 g/mol. The fraction of sp³-hybridized carbons (Fsp3) is 0.333. The number of nitrogens with one attached hydrogen (secondary N) is 2. The minimum atomic E-state index is -0.215. The molecule has 1 amide bonds. The highest BCUT2D eigenvalue weighted by Gasteiger charge is 2.09. The Morgan fingerprint density at radius 1 is 1.12 bits per heavy atom. The zero-order valence-corrected chi connectivity index (χ0v) is 14.2. The molecule has 1 heterocycles. The van der Waals surface area contributed by atoms with Crippen molar-refractivity contribution in [3.63, 3.8) is 0 Å². The van der Waals surface area contributed by atoms with E-state index in [1.807, 2.05) is 0 Å². The molecule has 0 atom stereocenters. The van der Waals surface area contributed by atoms with Crippen molar-refractivity contribution in [2.24, 2.45) is 5.92 Å². The van der Waals surface area contributed by atoms with Gasteiger partial charge in [-0.25, -0.2) is 9.97 Å². The zero-order chi connectivity index (χ0) is 17.5. The van der Waals surface area contributed by atoms with E-state index in [0.717, 1.165) is 12.1 Å². The lowest BCUT2D eigenvalue weighted by atomic mass is 10.1. The van der Waals surface area contributed by atoms with E-state index in [2.05, 4.69) is 34.4 Å². The quantitative estimate of drug-likeness (QED) is 0.763. The number of carbonyl (C=O) groups excluding carboxylic acids is 2. The highest BCUT2D eigenvalue weighted by atomic mass is 16.1. The van der Waals surface area contributed by atoms with Gasteiger partial charge < -0.3 is 10.6 Å². The molecule has 0 bridgehead atoms. The Kier molecular flexibility index (Phi) is 6.01. The molecule has 0 aliphatic rings. The van der Waals surface area contributed by atoms with Gasteiger partial charge in [-0.1, -0.05) is 13.8 Å². The van der Waals surface area contributed by atoms with E-state index < -0.39 is 0 Å². The summed E-state index contributed by atoms with van der Waals surface area (Å²) in [6.45, 7) is 6.36. The summed E-state index contributed by atoms with van der Waals surface area (Å²) in [5.41, 5.74) is 1.75. The van der Waals surface area contributed by atoms with Crippen molar-refractivity contribution < 1.29 is 9.59 Å². The van der Waals surface area contributed by atoms with Crippen molar-refractivity contribution in [3.05, 3.63) is 47.9 Å². The molecule has 0 saturated heterocycles. The molecular formula is C18H22N4O2. The van der Waals surface area contributed by atoms with Crippen LogP contribution in [0.4, 0.5) is 11.5 Å². The van der Waals surface area contributed by atoms with Crippen LogP contribution in [-0.2, 0) is 0 Å². The zero-order valence-electron chi connectivity index (χ0n) is 14.2. The van der Waals surface area contributed by atoms with Crippen LogP contribution in [0.3, 0.4) is 0 Å². The minimum Gasteiger partial charge on any atom is -0.351 e. The van der Waals surface area contributed by atoms with E-state index in [9.17, 15) is 9.59 Å². The normalized spacial score (nSPS) is 10.5. The maximum atomic E-state index is 12.1. The SMILES string of the molecule is CC(=O)c1ccc(Nc2cc(C(=O)NCCC(C)C)ncn2)cc1. The second-order valence-corrected chi connectivity index (χ2v) is 5.99. The maximum Gasteiger partial charge on any atom is 0.270 e. The van der Waals surface area contributed by atoms with Crippen LogP contribution >= 0.6 is 0 Å². The summed E-state index contributed by atoms with van der Waals surface area (Å²) in [6, 6.07) is 8.67. The lowest BCUT2D eigenvalue weighted by molar-refractivity contribution is 0.0946. The molecule has 0 aliphatic heterocycles. The molecule has 0 aliphatic carbocycles. The van der Waals surface area contributed by atoms with Gasteiger partial charge in [0.2, 0.25) is 0 Å². The first-order valence-electron chi connectivity index (χ1n) is 7.94. The average molecular weight is 326 g/mol. The second kappa shape index (κ2) is 8.19. The van der Waals surface area contributed by atoms with Gasteiger partial charge in [0.1, 0.15) is 17.8 Å². The lowest BCUT2D eigenvalue weighted by Gasteiger charge is -2.09. The molecule has 0 unspecified atom stereocenters. The molecule has 2 rings (SSSR count). The van der Waals surface area contributed by atoms with Crippen LogP contribution in [-0.4, -0.2) is 28.2 Å². The van der Waals surface area contributed by atoms with E-state index in [0.29, 0.717) is 29.5 Å². The lowest BCUT2D eigenvalue weighted by Crippen LogP contribution is -2.26. The molecule has 24 heavy (non-hydrogen) atoms. The Balaban J connectivity index is 2.01. The number of benzene rings is 1. The molecule has 0 fully saturated rings. The molecule has 126 valence electrons. The Labute approximate surface area is 141 Å². The van der Waals surface area contributed by atoms with Gasteiger partial charge in [-0.05, 0) is 43.5 Å². The number of rotatable bonds is 7. The summed E-state index contributed by atoms with van der Waals surface area (Å²) in [5, 5.41) is 5.94. The summed E-state index contributed by atoms with van der Waals surface area (Å²) in [4.78, 5) is 31.5. The number of ketones is 1. The van der Waals surface area contributed by atoms with Crippen molar-refractivity contribution in [1.82, 2.24) is 15.3 Å². The predicted molar refractivity (Wildman–Crippen MR) is 93.5 cm³/mol. The Hall–Kier alpha value is -2.76. The summed E-state index contributed by atoms with van der Waals surface area (Å²) in [6.07, 6.45) is 2.27. The summed E-state index contributed by atoms with van der Waals surface area (Å²) in [5.74, 6) is 0.859. The Bertz CT molecular complexity index is 711. The largest absolute Gasteiger partial charge is 0.351 e. The molecule has 0 saturated carbocycles. The average Bonchev–Trinajstić information content (AvgIpc) is 2.55. The third-order valence-corrected chi connectivity index (χ3v) is 3.47. The Morgan fingerprint density at radius 2 is 1.83 bits per heavy atom. The summed E-state index contributed by atoms with van der Waals surface area (Å²) in [7, 11) is 0. The van der Waals surface area contributed by atoms with Gasteiger partial charge >= 0.3 is 0 Å². The molecule has 1 aromatic carbocycles. The van der Waals surface area contributed by atoms with Crippen molar-refractivity contribution >= 4 is 23.2 Å². The number of anilines is 2. The smallest absolute Gasteiger partial charge is 0.270 e. The van der Waals surface area contributed by atoms with E-state index in [4.69, 9.17) is 0 Å². The molecule has 0 spiro atoms. The van der Waals surface area contributed by atoms with Crippen LogP contribution in [0.1, 0.15) is 48.0 Å².